The van der Waals surface area contributed by atoms with Gasteiger partial charge in [-0.25, -0.2) is 0 Å². The average molecular weight is 189 g/mol. The van der Waals surface area contributed by atoms with Crippen LogP contribution in [0, 0.1) is 0 Å². The lowest BCUT2D eigenvalue weighted by Crippen LogP contribution is -2.04. The van der Waals surface area contributed by atoms with Gasteiger partial charge in [0.25, 0.3) is 0 Å². The largest absolute Gasteiger partial charge is 0.390 e. The Bertz CT molecular complexity index is 443. The van der Waals surface area contributed by atoms with Crippen molar-refractivity contribution in [2.45, 2.75) is 26.5 Å². The Kier molecular flexibility index (Phi) is 2.30. The quantitative estimate of drug-likeness (QED) is 0.772. The van der Waals surface area contributed by atoms with Gasteiger partial charge in [-0.1, -0.05) is 18.2 Å². The van der Waals surface area contributed by atoms with Crippen molar-refractivity contribution >= 4 is 10.9 Å². The molecule has 0 amide bonds. The van der Waals surface area contributed by atoms with Crippen molar-refractivity contribution in [2.24, 2.45) is 0 Å². The zero-order chi connectivity index (χ0) is 10.1. The molecule has 2 heteroatoms. The Labute approximate surface area is 83.8 Å². The standard InChI is InChI=1S/C12H15NO/c1-9(2)13-11(8-14)7-10-5-3-4-6-12(10)13/h3-7,9,14H,8H2,1-2H3. The van der Waals surface area contributed by atoms with Gasteiger partial charge in [-0.2, -0.15) is 0 Å². The van der Waals surface area contributed by atoms with E-state index in [1.165, 1.54) is 10.9 Å². The van der Waals surface area contributed by atoms with Crippen molar-refractivity contribution in [1.82, 2.24) is 4.57 Å². The van der Waals surface area contributed by atoms with E-state index in [-0.39, 0.29) is 6.61 Å². The lowest BCUT2D eigenvalue weighted by molar-refractivity contribution is 0.269. The van der Waals surface area contributed by atoms with Gasteiger partial charge in [0.15, 0.2) is 0 Å². The Morgan fingerprint density at radius 1 is 1.29 bits per heavy atom. The molecule has 1 aromatic heterocycles. The van der Waals surface area contributed by atoms with E-state index in [2.05, 4.69) is 36.6 Å². The number of para-hydroxylation sites is 1. The number of nitrogens with zero attached hydrogens (tertiary/aromatic N) is 1. The second kappa shape index (κ2) is 3.46. The molecule has 2 aromatic rings. The summed E-state index contributed by atoms with van der Waals surface area (Å²) in [5, 5.41) is 10.4. The maximum Gasteiger partial charge on any atom is 0.0833 e. The molecular weight excluding hydrogens is 174 g/mol. The van der Waals surface area contributed by atoms with Crippen LogP contribution in [0.4, 0.5) is 0 Å². The van der Waals surface area contributed by atoms with E-state index in [0.29, 0.717) is 6.04 Å². The van der Waals surface area contributed by atoms with Crippen molar-refractivity contribution in [1.29, 1.82) is 0 Å². The second-order valence-electron chi connectivity index (χ2n) is 3.82. The fraction of sp³-hybridized carbons (Fsp3) is 0.333. The number of rotatable bonds is 2. The summed E-state index contributed by atoms with van der Waals surface area (Å²) in [4.78, 5) is 0. The number of aromatic nitrogens is 1. The van der Waals surface area contributed by atoms with Gasteiger partial charge in [0.2, 0.25) is 0 Å². The number of aliphatic hydroxyl groups is 1. The van der Waals surface area contributed by atoms with Crippen LogP contribution in [0.3, 0.4) is 0 Å². The fourth-order valence-electron chi connectivity index (χ4n) is 1.96. The van der Waals surface area contributed by atoms with Gasteiger partial charge >= 0.3 is 0 Å². The summed E-state index contributed by atoms with van der Waals surface area (Å²) in [6, 6.07) is 10.7. The topological polar surface area (TPSA) is 25.2 Å². The van der Waals surface area contributed by atoms with E-state index in [1.54, 1.807) is 0 Å². The van der Waals surface area contributed by atoms with Crippen molar-refractivity contribution < 1.29 is 5.11 Å². The second-order valence-corrected chi connectivity index (χ2v) is 3.82. The van der Waals surface area contributed by atoms with Gasteiger partial charge in [-0.15, -0.1) is 0 Å². The highest BCUT2D eigenvalue weighted by Gasteiger charge is 2.09. The molecule has 1 heterocycles. The number of hydrogen-bond donors (Lipinski definition) is 1. The molecule has 0 aliphatic heterocycles. The molecule has 0 saturated heterocycles. The molecule has 1 N–H and O–H groups in total. The maximum absolute atomic E-state index is 9.25. The van der Waals surface area contributed by atoms with Crippen LogP contribution >= 0.6 is 0 Å². The summed E-state index contributed by atoms with van der Waals surface area (Å²) in [7, 11) is 0. The van der Waals surface area contributed by atoms with Gasteiger partial charge in [0, 0.05) is 17.3 Å². The van der Waals surface area contributed by atoms with Gasteiger partial charge in [0.1, 0.15) is 0 Å². The summed E-state index contributed by atoms with van der Waals surface area (Å²) < 4.78 is 2.18. The molecule has 0 radical (unpaired) electrons. The predicted octanol–water partition coefficient (Wildman–Crippen LogP) is 2.71. The normalized spacial score (nSPS) is 11.4. The molecule has 0 aliphatic rings. The molecule has 0 bridgehead atoms. The first-order valence-corrected chi connectivity index (χ1v) is 4.93. The third-order valence-electron chi connectivity index (χ3n) is 2.51. The van der Waals surface area contributed by atoms with Crippen LogP contribution < -0.4 is 0 Å². The van der Waals surface area contributed by atoms with Crippen LogP contribution in [0.1, 0.15) is 25.6 Å². The molecule has 74 valence electrons. The molecule has 0 aliphatic carbocycles. The molecule has 2 rings (SSSR count). The highest BCUT2D eigenvalue weighted by Crippen LogP contribution is 2.23. The number of aliphatic hydroxyl groups excluding tert-OH is 1. The molecule has 0 unspecified atom stereocenters. The first-order valence-electron chi connectivity index (χ1n) is 4.93. The summed E-state index contributed by atoms with van der Waals surface area (Å²) in [5.41, 5.74) is 2.19. The van der Waals surface area contributed by atoms with Crippen molar-refractivity contribution in [2.75, 3.05) is 0 Å². The van der Waals surface area contributed by atoms with E-state index >= 15 is 0 Å². The molecule has 14 heavy (non-hydrogen) atoms. The first kappa shape index (κ1) is 9.28. The third-order valence-corrected chi connectivity index (χ3v) is 2.51. The van der Waals surface area contributed by atoms with Crippen LogP contribution in [0.15, 0.2) is 30.3 Å². The first-order chi connectivity index (χ1) is 6.74. The van der Waals surface area contributed by atoms with Crippen molar-refractivity contribution in [3.8, 4) is 0 Å². The summed E-state index contributed by atoms with van der Waals surface area (Å²) >= 11 is 0. The Morgan fingerprint density at radius 3 is 2.64 bits per heavy atom. The summed E-state index contributed by atoms with van der Waals surface area (Å²) in [6.07, 6.45) is 0. The Morgan fingerprint density at radius 2 is 2.00 bits per heavy atom. The minimum Gasteiger partial charge on any atom is -0.390 e. The highest BCUT2D eigenvalue weighted by atomic mass is 16.3. The number of benzene rings is 1. The van der Waals surface area contributed by atoms with Gasteiger partial charge in [0.05, 0.1) is 6.61 Å². The molecule has 0 saturated carbocycles. The van der Waals surface area contributed by atoms with Gasteiger partial charge < -0.3 is 9.67 Å². The molecule has 0 fully saturated rings. The lowest BCUT2D eigenvalue weighted by Gasteiger charge is -2.12. The van der Waals surface area contributed by atoms with Crippen LogP contribution in [0.25, 0.3) is 10.9 Å². The van der Waals surface area contributed by atoms with Gasteiger partial charge in [-0.05, 0) is 31.4 Å². The summed E-state index contributed by atoms with van der Waals surface area (Å²) in [6.45, 7) is 4.37. The highest BCUT2D eigenvalue weighted by molar-refractivity contribution is 5.81. The minimum atomic E-state index is 0.104. The van der Waals surface area contributed by atoms with Gasteiger partial charge in [-0.3, -0.25) is 0 Å². The van der Waals surface area contributed by atoms with E-state index in [4.69, 9.17) is 0 Å². The Hall–Kier alpha value is -1.28. The lowest BCUT2D eigenvalue weighted by atomic mass is 10.2. The Balaban J connectivity index is 2.74. The van der Waals surface area contributed by atoms with Crippen LogP contribution in [0.2, 0.25) is 0 Å². The van der Waals surface area contributed by atoms with Crippen molar-refractivity contribution in [3.05, 3.63) is 36.0 Å². The SMILES string of the molecule is CC(C)n1c(CO)cc2ccccc21. The average Bonchev–Trinajstić information content (AvgIpc) is 2.55. The zero-order valence-electron chi connectivity index (χ0n) is 8.57. The smallest absolute Gasteiger partial charge is 0.0833 e. The molecule has 0 spiro atoms. The van der Waals surface area contributed by atoms with Crippen LogP contribution in [0.5, 0.6) is 0 Å². The number of hydrogen-bond acceptors (Lipinski definition) is 1. The molecule has 2 nitrogen and oxygen atoms in total. The van der Waals surface area contributed by atoms with Crippen molar-refractivity contribution in [3.63, 3.8) is 0 Å². The van der Waals surface area contributed by atoms with E-state index in [1.807, 2.05) is 12.1 Å². The fourth-order valence-corrected chi connectivity index (χ4v) is 1.96. The third kappa shape index (κ3) is 1.32. The molecular formula is C12H15NO. The van der Waals surface area contributed by atoms with E-state index < -0.39 is 0 Å². The van der Waals surface area contributed by atoms with Crippen LogP contribution in [-0.2, 0) is 6.61 Å². The predicted molar refractivity (Wildman–Crippen MR) is 58.2 cm³/mol. The summed E-state index contributed by atoms with van der Waals surface area (Å²) in [5.74, 6) is 0. The monoisotopic (exact) mass is 189 g/mol. The molecule has 0 atom stereocenters. The zero-order valence-corrected chi connectivity index (χ0v) is 8.57. The van der Waals surface area contributed by atoms with Crippen LogP contribution in [-0.4, -0.2) is 9.67 Å². The van der Waals surface area contributed by atoms with E-state index in [9.17, 15) is 5.11 Å². The maximum atomic E-state index is 9.25. The van der Waals surface area contributed by atoms with E-state index in [0.717, 1.165) is 5.69 Å². The minimum absolute atomic E-state index is 0.104. The number of fused-ring (bicyclic) bond motifs is 1. The molecule has 1 aromatic carbocycles.